The Kier molecular flexibility index (Phi) is 3.16. The van der Waals surface area contributed by atoms with E-state index in [1.54, 1.807) is 18.2 Å². The lowest BCUT2D eigenvalue weighted by molar-refractivity contribution is 0.0557. The summed E-state index contributed by atoms with van der Waals surface area (Å²) < 4.78 is 26.1. The summed E-state index contributed by atoms with van der Waals surface area (Å²) in [6, 6.07) is 14.3. The molecule has 5 heteroatoms. The molecule has 21 heavy (non-hydrogen) atoms. The molecule has 2 aromatic carbocycles. The van der Waals surface area contributed by atoms with Crippen LogP contribution < -0.4 is 0 Å². The zero-order chi connectivity index (χ0) is 15.3. The van der Waals surface area contributed by atoms with E-state index in [1.807, 2.05) is 37.3 Å². The van der Waals surface area contributed by atoms with Crippen LogP contribution in [0.25, 0.3) is 0 Å². The summed E-state index contributed by atoms with van der Waals surface area (Å²) in [5.41, 5.74) is 0.733. The van der Waals surface area contributed by atoms with E-state index in [1.165, 1.54) is 11.4 Å². The van der Waals surface area contributed by atoms with Crippen LogP contribution in [-0.4, -0.2) is 31.4 Å². The van der Waals surface area contributed by atoms with E-state index in [2.05, 4.69) is 0 Å². The van der Waals surface area contributed by atoms with Crippen LogP contribution in [-0.2, 0) is 15.6 Å². The van der Waals surface area contributed by atoms with Crippen molar-refractivity contribution in [1.29, 1.82) is 0 Å². The quantitative estimate of drug-likeness (QED) is 0.875. The van der Waals surface area contributed by atoms with Gasteiger partial charge in [0, 0.05) is 12.6 Å². The van der Waals surface area contributed by atoms with Gasteiger partial charge in [0.05, 0.1) is 11.4 Å². The van der Waals surface area contributed by atoms with Crippen molar-refractivity contribution in [3.8, 4) is 0 Å². The maximum Gasteiger partial charge on any atom is 0.243 e. The number of hydrogen-bond donors (Lipinski definition) is 1. The first-order valence-electron chi connectivity index (χ1n) is 6.71. The molecule has 110 valence electrons. The lowest BCUT2D eigenvalue weighted by Gasteiger charge is -2.39. The average molecular weight is 303 g/mol. The van der Waals surface area contributed by atoms with Gasteiger partial charge in [0.15, 0.2) is 0 Å². The average Bonchev–Trinajstić information content (AvgIpc) is 2.46. The molecule has 0 aromatic heterocycles. The fraction of sp³-hybridized carbons (Fsp3) is 0.250. The molecule has 0 saturated heterocycles. The molecule has 0 amide bonds. The van der Waals surface area contributed by atoms with Crippen LogP contribution in [0.15, 0.2) is 53.4 Å². The summed E-state index contributed by atoms with van der Waals surface area (Å²) >= 11 is 0. The number of likely N-dealkylation sites (N-methyl/N-ethyl adjacent to an activating group) is 1. The number of hydrogen-bond acceptors (Lipinski definition) is 3. The van der Waals surface area contributed by atoms with Gasteiger partial charge in [-0.3, -0.25) is 0 Å². The third kappa shape index (κ3) is 2.09. The zero-order valence-electron chi connectivity index (χ0n) is 11.9. The third-order valence-corrected chi connectivity index (χ3v) is 5.83. The van der Waals surface area contributed by atoms with Crippen LogP contribution >= 0.6 is 0 Å². The largest absolute Gasteiger partial charge is 0.379 e. The molecule has 1 heterocycles. The van der Waals surface area contributed by atoms with Crippen molar-refractivity contribution in [3.05, 3.63) is 65.2 Å². The van der Waals surface area contributed by atoms with E-state index in [4.69, 9.17) is 0 Å². The Hall–Kier alpha value is -1.69. The summed E-state index contributed by atoms with van der Waals surface area (Å²) in [5.74, 6) is 0. The second-order valence-corrected chi connectivity index (χ2v) is 7.50. The van der Waals surface area contributed by atoms with Crippen molar-refractivity contribution >= 4 is 10.0 Å². The van der Waals surface area contributed by atoms with Gasteiger partial charge in [-0.05, 0) is 18.6 Å². The minimum absolute atomic E-state index is 0.00972. The van der Waals surface area contributed by atoms with Gasteiger partial charge in [-0.25, -0.2) is 8.42 Å². The minimum Gasteiger partial charge on any atom is -0.379 e. The molecule has 0 bridgehead atoms. The van der Waals surface area contributed by atoms with Gasteiger partial charge in [0.2, 0.25) is 10.0 Å². The van der Waals surface area contributed by atoms with Crippen molar-refractivity contribution in [1.82, 2.24) is 4.31 Å². The fourth-order valence-electron chi connectivity index (χ4n) is 2.81. The third-order valence-electron chi connectivity index (χ3n) is 3.97. The van der Waals surface area contributed by atoms with Gasteiger partial charge in [0.1, 0.15) is 5.60 Å². The second kappa shape index (κ2) is 4.66. The van der Waals surface area contributed by atoms with E-state index in [0.29, 0.717) is 11.1 Å². The molecule has 1 aliphatic rings. The molecule has 4 nitrogen and oxygen atoms in total. The SMILES string of the molecule is Cc1ccc2c(c1)C(O)(c1ccccc1)CN(C)S2(=O)=O. The lowest BCUT2D eigenvalue weighted by Crippen LogP contribution is -2.48. The van der Waals surface area contributed by atoms with Crippen LogP contribution in [0.2, 0.25) is 0 Å². The van der Waals surface area contributed by atoms with E-state index < -0.39 is 15.6 Å². The fourth-order valence-corrected chi connectivity index (χ4v) is 4.25. The number of benzene rings is 2. The van der Waals surface area contributed by atoms with Gasteiger partial charge >= 0.3 is 0 Å². The summed E-state index contributed by atoms with van der Waals surface area (Å²) in [6.07, 6.45) is 0. The van der Waals surface area contributed by atoms with Crippen LogP contribution in [0.1, 0.15) is 16.7 Å². The Morgan fingerprint density at radius 1 is 1.14 bits per heavy atom. The Morgan fingerprint density at radius 2 is 1.81 bits per heavy atom. The standard InChI is InChI=1S/C16H17NO3S/c1-12-8-9-15-14(10-12)16(18,11-17(2)21(15,19)20)13-6-4-3-5-7-13/h3-10,18H,11H2,1-2H3. The van der Waals surface area contributed by atoms with Gasteiger partial charge < -0.3 is 5.11 Å². The molecule has 0 aliphatic carbocycles. The van der Waals surface area contributed by atoms with Crippen molar-refractivity contribution in [2.75, 3.05) is 13.6 Å². The molecule has 1 unspecified atom stereocenters. The number of aliphatic hydroxyl groups is 1. The van der Waals surface area contributed by atoms with E-state index in [0.717, 1.165) is 5.56 Å². The first-order chi connectivity index (χ1) is 9.85. The number of nitrogens with zero attached hydrogens (tertiary/aromatic N) is 1. The van der Waals surface area contributed by atoms with Crippen LogP contribution in [0, 0.1) is 6.92 Å². The highest BCUT2D eigenvalue weighted by atomic mass is 32.2. The molecule has 0 radical (unpaired) electrons. The monoisotopic (exact) mass is 303 g/mol. The molecule has 1 aliphatic heterocycles. The highest BCUT2D eigenvalue weighted by Crippen LogP contribution is 2.40. The number of rotatable bonds is 1. The normalized spacial score (nSPS) is 24.5. The molecule has 1 atom stereocenters. The van der Waals surface area contributed by atoms with E-state index in [9.17, 15) is 13.5 Å². The second-order valence-electron chi connectivity index (χ2n) is 5.49. The topological polar surface area (TPSA) is 57.6 Å². The Balaban J connectivity index is 2.33. The van der Waals surface area contributed by atoms with Crippen molar-refractivity contribution in [3.63, 3.8) is 0 Å². The molecule has 1 N–H and O–H groups in total. The highest BCUT2D eigenvalue weighted by Gasteiger charge is 2.45. The van der Waals surface area contributed by atoms with Crippen LogP contribution in [0.3, 0.4) is 0 Å². The van der Waals surface area contributed by atoms with E-state index >= 15 is 0 Å². The number of aryl methyl sites for hydroxylation is 1. The number of fused-ring (bicyclic) bond motifs is 1. The summed E-state index contributed by atoms with van der Waals surface area (Å²) in [7, 11) is -2.05. The van der Waals surface area contributed by atoms with Crippen molar-refractivity contribution < 1.29 is 13.5 Å². The maximum atomic E-state index is 12.4. The first-order valence-corrected chi connectivity index (χ1v) is 8.15. The predicted octanol–water partition coefficient (Wildman–Crippen LogP) is 1.87. The van der Waals surface area contributed by atoms with Gasteiger partial charge in [-0.2, -0.15) is 4.31 Å². The van der Waals surface area contributed by atoms with Gasteiger partial charge in [-0.1, -0.05) is 48.0 Å². The number of sulfonamides is 1. The summed E-state index contributed by atoms with van der Waals surface area (Å²) in [4.78, 5) is 0.174. The molecular formula is C16H17NO3S. The van der Waals surface area contributed by atoms with Crippen molar-refractivity contribution in [2.45, 2.75) is 17.4 Å². The van der Waals surface area contributed by atoms with Crippen LogP contribution in [0.4, 0.5) is 0 Å². The van der Waals surface area contributed by atoms with E-state index in [-0.39, 0.29) is 11.4 Å². The molecule has 0 saturated carbocycles. The Morgan fingerprint density at radius 3 is 2.48 bits per heavy atom. The minimum atomic E-state index is -3.54. The lowest BCUT2D eigenvalue weighted by atomic mass is 9.85. The smallest absolute Gasteiger partial charge is 0.243 e. The maximum absolute atomic E-state index is 12.4. The molecule has 0 spiro atoms. The zero-order valence-corrected chi connectivity index (χ0v) is 12.8. The van der Waals surface area contributed by atoms with Gasteiger partial charge in [0.25, 0.3) is 0 Å². The molecular weight excluding hydrogens is 286 g/mol. The first kappa shape index (κ1) is 14.3. The Labute approximate surface area is 124 Å². The van der Waals surface area contributed by atoms with Crippen molar-refractivity contribution in [2.24, 2.45) is 0 Å². The molecule has 0 fully saturated rings. The number of β-amino-alcohol motifs (C(OH)–C–C–N with tert-alkyl or cyclic N) is 1. The van der Waals surface area contributed by atoms with Crippen LogP contribution in [0.5, 0.6) is 0 Å². The molecule has 3 rings (SSSR count). The molecule has 2 aromatic rings. The Bertz CT molecular complexity index is 786. The highest BCUT2D eigenvalue weighted by molar-refractivity contribution is 7.89. The summed E-state index contributed by atoms with van der Waals surface area (Å²) in [6.45, 7) is 1.90. The van der Waals surface area contributed by atoms with Gasteiger partial charge in [-0.15, -0.1) is 0 Å². The predicted molar refractivity (Wildman–Crippen MR) is 80.4 cm³/mol. The summed E-state index contributed by atoms with van der Waals surface area (Å²) in [5, 5.41) is 11.2.